The highest BCUT2D eigenvalue weighted by Gasteiger charge is 2.11. The van der Waals surface area contributed by atoms with E-state index in [1.54, 1.807) is 18.2 Å². The molecule has 0 atom stereocenters. The van der Waals surface area contributed by atoms with Crippen molar-refractivity contribution in [1.82, 2.24) is 0 Å². The molecule has 1 amide bonds. The number of benzene rings is 1. The zero-order valence-corrected chi connectivity index (χ0v) is 9.30. The molecule has 2 aromatic rings. The summed E-state index contributed by atoms with van der Waals surface area (Å²) in [5, 5.41) is 12.3. The van der Waals surface area contributed by atoms with E-state index in [1.165, 1.54) is 18.3 Å². The molecule has 0 aliphatic rings. The van der Waals surface area contributed by atoms with Crippen LogP contribution in [-0.4, -0.2) is 17.0 Å². The number of hydrogen-bond donors (Lipinski definition) is 2. The normalized spacial score (nSPS) is 10.3. The van der Waals surface area contributed by atoms with Gasteiger partial charge in [0.15, 0.2) is 0 Å². The zero-order chi connectivity index (χ0) is 11.7. The predicted octanol–water partition coefficient (Wildman–Crippen LogP) is 2.56. The van der Waals surface area contributed by atoms with Crippen molar-refractivity contribution < 1.29 is 14.7 Å². The fraction of sp³-hybridized carbons (Fsp3) is 0.0909. The number of fused-ring (bicyclic) bond motifs is 1. The van der Waals surface area contributed by atoms with Crippen molar-refractivity contribution in [3.8, 4) is 0 Å². The largest absolute Gasteiger partial charge is 0.477 e. The van der Waals surface area contributed by atoms with E-state index >= 15 is 0 Å². The first kappa shape index (κ1) is 10.6. The minimum Gasteiger partial charge on any atom is -0.477 e. The van der Waals surface area contributed by atoms with Gasteiger partial charge in [0.2, 0.25) is 5.91 Å². The van der Waals surface area contributed by atoms with E-state index in [2.05, 4.69) is 5.32 Å². The van der Waals surface area contributed by atoms with Gasteiger partial charge in [0.25, 0.3) is 0 Å². The Hall–Kier alpha value is -1.88. The van der Waals surface area contributed by atoms with E-state index in [9.17, 15) is 9.59 Å². The first-order chi connectivity index (χ1) is 7.58. The van der Waals surface area contributed by atoms with Gasteiger partial charge in [0, 0.05) is 22.7 Å². The molecule has 0 radical (unpaired) electrons. The zero-order valence-electron chi connectivity index (χ0n) is 8.48. The van der Waals surface area contributed by atoms with Crippen molar-refractivity contribution in [2.75, 3.05) is 5.32 Å². The Labute approximate surface area is 95.5 Å². The molecule has 2 rings (SSSR count). The van der Waals surface area contributed by atoms with Crippen LogP contribution in [0.1, 0.15) is 16.6 Å². The van der Waals surface area contributed by atoms with Crippen molar-refractivity contribution >= 4 is 39.0 Å². The highest BCUT2D eigenvalue weighted by Crippen LogP contribution is 2.31. The molecule has 0 fully saturated rings. The Balaban J connectivity index is 2.58. The number of hydrogen-bond acceptors (Lipinski definition) is 3. The standard InChI is InChI=1S/C11H9NO3S/c1-6(13)12-8-3-2-4-9-7(8)5-10(16-9)11(14)15/h2-5H,1H3,(H,12,13)(H,14,15). The second kappa shape index (κ2) is 3.94. The number of aromatic carboxylic acids is 1. The Bertz CT molecular complexity index is 574. The van der Waals surface area contributed by atoms with Crippen LogP contribution >= 0.6 is 11.3 Å². The lowest BCUT2D eigenvalue weighted by atomic mass is 10.2. The molecule has 82 valence electrons. The van der Waals surface area contributed by atoms with Gasteiger partial charge in [-0.15, -0.1) is 11.3 Å². The van der Waals surface area contributed by atoms with E-state index < -0.39 is 5.97 Å². The molecule has 0 aliphatic carbocycles. The highest BCUT2D eigenvalue weighted by molar-refractivity contribution is 7.20. The van der Waals surface area contributed by atoms with Crippen molar-refractivity contribution in [2.45, 2.75) is 6.92 Å². The van der Waals surface area contributed by atoms with Crippen LogP contribution in [0.3, 0.4) is 0 Å². The molecule has 4 nitrogen and oxygen atoms in total. The summed E-state index contributed by atoms with van der Waals surface area (Å²) in [6.45, 7) is 1.42. The summed E-state index contributed by atoms with van der Waals surface area (Å²) in [7, 11) is 0. The second-order valence-corrected chi connectivity index (χ2v) is 4.40. The Morgan fingerprint density at radius 1 is 1.38 bits per heavy atom. The third-order valence-electron chi connectivity index (χ3n) is 2.08. The van der Waals surface area contributed by atoms with Crippen LogP contribution in [0.5, 0.6) is 0 Å². The maximum atomic E-state index is 11.0. The van der Waals surface area contributed by atoms with Gasteiger partial charge in [-0.3, -0.25) is 4.79 Å². The average Bonchev–Trinajstić information content (AvgIpc) is 2.61. The van der Waals surface area contributed by atoms with Crippen LogP contribution in [0.15, 0.2) is 24.3 Å². The molecule has 0 saturated carbocycles. The van der Waals surface area contributed by atoms with Crippen molar-refractivity contribution in [1.29, 1.82) is 0 Å². The number of carbonyl (C=O) groups is 2. The number of rotatable bonds is 2. The smallest absolute Gasteiger partial charge is 0.345 e. The average molecular weight is 235 g/mol. The Kier molecular flexibility index (Phi) is 2.62. The summed E-state index contributed by atoms with van der Waals surface area (Å²) < 4.78 is 0.851. The van der Waals surface area contributed by atoms with Crippen LogP contribution < -0.4 is 5.32 Å². The van der Waals surface area contributed by atoms with Crippen LogP contribution in [0.25, 0.3) is 10.1 Å². The number of anilines is 1. The molecule has 0 bridgehead atoms. The number of amides is 1. The van der Waals surface area contributed by atoms with Crippen LogP contribution in [0, 0.1) is 0 Å². The van der Waals surface area contributed by atoms with Crippen LogP contribution in [0.4, 0.5) is 5.69 Å². The van der Waals surface area contributed by atoms with Gasteiger partial charge in [-0.05, 0) is 18.2 Å². The van der Waals surface area contributed by atoms with Gasteiger partial charge in [0.05, 0.1) is 0 Å². The highest BCUT2D eigenvalue weighted by atomic mass is 32.1. The first-order valence-electron chi connectivity index (χ1n) is 4.61. The minimum atomic E-state index is -0.949. The number of carboxylic acid groups (broad SMARTS) is 1. The maximum absolute atomic E-state index is 11.0. The molecule has 16 heavy (non-hydrogen) atoms. The van der Waals surface area contributed by atoms with Gasteiger partial charge < -0.3 is 10.4 Å². The van der Waals surface area contributed by atoms with Gasteiger partial charge in [-0.2, -0.15) is 0 Å². The van der Waals surface area contributed by atoms with Gasteiger partial charge in [0.1, 0.15) is 4.88 Å². The SMILES string of the molecule is CC(=O)Nc1cccc2sc(C(=O)O)cc12. The molecule has 2 N–H and O–H groups in total. The van der Waals surface area contributed by atoms with Crippen molar-refractivity contribution in [3.05, 3.63) is 29.1 Å². The Morgan fingerprint density at radius 2 is 2.12 bits per heavy atom. The van der Waals surface area contributed by atoms with E-state index in [0.717, 1.165) is 10.1 Å². The molecule has 0 aliphatic heterocycles. The number of nitrogens with one attached hydrogen (secondary N) is 1. The summed E-state index contributed by atoms with van der Waals surface area (Å²) in [6, 6.07) is 6.95. The van der Waals surface area contributed by atoms with Crippen molar-refractivity contribution in [2.24, 2.45) is 0 Å². The summed E-state index contributed by atoms with van der Waals surface area (Å²) >= 11 is 1.20. The Morgan fingerprint density at radius 3 is 2.75 bits per heavy atom. The quantitative estimate of drug-likeness (QED) is 0.840. The molecule has 0 saturated heterocycles. The van der Waals surface area contributed by atoms with Crippen LogP contribution in [0.2, 0.25) is 0 Å². The van der Waals surface area contributed by atoms with Gasteiger partial charge in [-0.25, -0.2) is 4.79 Å². The molecule has 1 aromatic heterocycles. The number of carbonyl (C=O) groups excluding carboxylic acids is 1. The van der Waals surface area contributed by atoms with E-state index in [1.807, 2.05) is 6.07 Å². The summed E-state index contributed by atoms with van der Waals surface area (Å²) in [4.78, 5) is 22.1. The molecular weight excluding hydrogens is 226 g/mol. The lowest BCUT2D eigenvalue weighted by Crippen LogP contribution is -2.05. The third-order valence-corrected chi connectivity index (χ3v) is 3.17. The van der Waals surface area contributed by atoms with Crippen LogP contribution in [-0.2, 0) is 4.79 Å². The maximum Gasteiger partial charge on any atom is 0.345 e. The molecule has 1 heterocycles. The molecule has 1 aromatic carbocycles. The minimum absolute atomic E-state index is 0.171. The lowest BCUT2D eigenvalue weighted by Gasteiger charge is -2.02. The lowest BCUT2D eigenvalue weighted by molar-refractivity contribution is -0.114. The molecular formula is C11H9NO3S. The summed E-state index contributed by atoms with van der Waals surface area (Å²) in [5.41, 5.74) is 0.647. The van der Waals surface area contributed by atoms with Gasteiger partial charge >= 0.3 is 5.97 Å². The first-order valence-corrected chi connectivity index (χ1v) is 5.43. The number of carboxylic acids is 1. The fourth-order valence-electron chi connectivity index (χ4n) is 1.46. The molecule has 0 unspecified atom stereocenters. The monoisotopic (exact) mass is 235 g/mol. The fourth-order valence-corrected chi connectivity index (χ4v) is 2.39. The third kappa shape index (κ3) is 1.90. The topological polar surface area (TPSA) is 66.4 Å². The molecule has 0 spiro atoms. The molecule has 5 heteroatoms. The van der Waals surface area contributed by atoms with E-state index in [4.69, 9.17) is 5.11 Å². The number of thiophene rings is 1. The van der Waals surface area contributed by atoms with E-state index in [0.29, 0.717) is 5.69 Å². The van der Waals surface area contributed by atoms with Crippen molar-refractivity contribution in [3.63, 3.8) is 0 Å². The predicted molar refractivity (Wildman–Crippen MR) is 63.1 cm³/mol. The van der Waals surface area contributed by atoms with Gasteiger partial charge in [-0.1, -0.05) is 6.07 Å². The summed E-state index contributed by atoms with van der Waals surface area (Å²) in [5.74, 6) is -1.12. The second-order valence-electron chi connectivity index (χ2n) is 3.31. The van der Waals surface area contributed by atoms with E-state index in [-0.39, 0.29) is 10.8 Å². The summed E-state index contributed by atoms with van der Waals surface area (Å²) in [6.07, 6.45) is 0.